The Morgan fingerprint density at radius 3 is 2.48 bits per heavy atom. The lowest BCUT2D eigenvalue weighted by Gasteiger charge is -2.28. The van der Waals surface area contributed by atoms with Gasteiger partial charge in [0.15, 0.2) is 0 Å². The van der Waals surface area contributed by atoms with Gasteiger partial charge in [-0.2, -0.15) is 0 Å². The molecule has 0 saturated heterocycles. The molecular weight excluding hydrogens is 298 g/mol. The normalized spacial score (nSPS) is 18.8. The van der Waals surface area contributed by atoms with Crippen LogP contribution in [0.1, 0.15) is 55.1 Å². The van der Waals surface area contributed by atoms with Gasteiger partial charge in [-0.05, 0) is 54.8 Å². The Balaban J connectivity index is 1.76. The van der Waals surface area contributed by atoms with E-state index in [4.69, 9.17) is 11.6 Å². The van der Waals surface area contributed by atoms with E-state index in [1.54, 1.807) is 0 Å². The molecule has 1 aromatic heterocycles. The first-order chi connectivity index (χ1) is 10.2. The molecule has 1 aliphatic carbocycles. The second-order valence-corrected chi connectivity index (χ2v) is 7.39. The first kappa shape index (κ1) is 15.1. The van der Waals surface area contributed by atoms with Crippen molar-refractivity contribution in [3.05, 3.63) is 57.2 Å². The Morgan fingerprint density at radius 1 is 1.14 bits per heavy atom. The third kappa shape index (κ3) is 3.68. The van der Waals surface area contributed by atoms with Crippen molar-refractivity contribution in [3.63, 3.8) is 0 Å². The molecule has 21 heavy (non-hydrogen) atoms. The van der Waals surface area contributed by atoms with Crippen molar-refractivity contribution in [1.29, 1.82) is 0 Å². The maximum atomic E-state index is 5.99. The summed E-state index contributed by atoms with van der Waals surface area (Å²) in [4.78, 5) is 1.47. The molecule has 1 N–H and O–H groups in total. The highest BCUT2D eigenvalue weighted by molar-refractivity contribution is 7.10. The summed E-state index contributed by atoms with van der Waals surface area (Å²) in [7, 11) is 0. The maximum absolute atomic E-state index is 5.99. The highest BCUT2D eigenvalue weighted by atomic mass is 35.5. The fourth-order valence-corrected chi connectivity index (χ4v) is 4.33. The van der Waals surface area contributed by atoms with Crippen molar-refractivity contribution in [2.24, 2.45) is 5.92 Å². The summed E-state index contributed by atoms with van der Waals surface area (Å²) >= 11 is 7.86. The van der Waals surface area contributed by atoms with Crippen LogP contribution in [0.15, 0.2) is 41.8 Å². The van der Waals surface area contributed by atoms with Gasteiger partial charge in [-0.15, -0.1) is 11.3 Å². The summed E-state index contributed by atoms with van der Waals surface area (Å²) in [5.41, 5.74) is 1.30. The highest BCUT2D eigenvalue weighted by Gasteiger charge is 2.28. The zero-order chi connectivity index (χ0) is 14.7. The summed E-state index contributed by atoms with van der Waals surface area (Å²) in [5.74, 6) is 0.776. The number of rotatable bonds is 5. The lowest BCUT2D eigenvalue weighted by Crippen LogP contribution is -2.29. The monoisotopic (exact) mass is 319 g/mol. The van der Waals surface area contributed by atoms with Gasteiger partial charge in [-0.25, -0.2) is 0 Å². The van der Waals surface area contributed by atoms with E-state index in [2.05, 4.69) is 41.9 Å². The van der Waals surface area contributed by atoms with Crippen LogP contribution < -0.4 is 5.32 Å². The molecule has 1 aliphatic rings. The second kappa shape index (κ2) is 6.95. The zero-order valence-electron chi connectivity index (χ0n) is 12.4. The van der Waals surface area contributed by atoms with Gasteiger partial charge in [0.1, 0.15) is 0 Å². The summed E-state index contributed by atoms with van der Waals surface area (Å²) in [6.45, 7) is 2.25. The molecule has 0 amide bonds. The van der Waals surface area contributed by atoms with Crippen LogP contribution in [0.2, 0.25) is 5.02 Å². The summed E-state index contributed by atoms with van der Waals surface area (Å²) in [6, 6.07) is 13.5. The highest BCUT2D eigenvalue weighted by Crippen LogP contribution is 2.38. The number of benzene rings is 1. The molecule has 2 aromatic rings. The Kier molecular flexibility index (Phi) is 4.99. The molecule has 2 atom stereocenters. The van der Waals surface area contributed by atoms with Crippen molar-refractivity contribution in [1.82, 2.24) is 5.32 Å². The van der Waals surface area contributed by atoms with E-state index in [1.807, 2.05) is 23.5 Å². The smallest absolute Gasteiger partial charge is 0.0448 e. The lowest BCUT2D eigenvalue weighted by molar-refractivity contribution is 0.343. The largest absolute Gasteiger partial charge is 0.302 e. The summed E-state index contributed by atoms with van der Waals surface area (Å²) in [6.07, 6.45) is 5.46. The molecule has 1 unspecified atom stereocenters. The molecule has 1 nitrogen and oxygen atoms in total. The Labute approximate surface area is 136 Å². The third-order valence-electron chi connectivity index (χ3n) is 4.52. The molecule has 1 fully saturated rings. The van der Waals surface area contributed by atoms with E-state index in [0.717, 1.165) is 10.9 Å². The van der Waals surface area contributed by atoms with E-state index in [1.165, 1.54) is 36.1 Å². The first-order valence-electron chi connectivity index (χ1n) is 7.79. The van der Waals surface area contributed by atoms with Gasteiger partial charge >= 0.3 is 0 Å². The minimum Gasteiger partial charge on any atom is -0.302 e. The molecule has 3 rings (SSSR count). The average Bonchev–Trinajstić information content (AvgIpc) is 3.19. The van der Waals surface area contributed by atoms with E-state index >= 15 is 0 Å². The van der Waals surface area contributed by atoms with Crippen molar-refractivity contribution in [2.75, 3.05) is 0 Å². The van der Waals surface area contributed by atoms with Gasteiger partial charge < -0.3 is 5.32 Å². The van der Waals surface area contributed by atoms with Gasteiger partial charge in [0.25, 0.3) is 0 Å². The quantitative estimate of drug-likeness (QED) is 0.714. The molecular formula is C18H22ClNS. The first-order valence-corrected chi connectivity index (χ1v) is 9.05. The average molecular weight is 320 g/mol. The van der Waals surface area contributed by atoms with Gasteiger partial charge in [0, 0.05) is 22.0 Å². The maximum Gasteiger partial charge on any atom is 0.0448 e. The number of hydrogen-bond acceptors (Lipinski definition) is 2. The van der Waals surface area contributed by atoms with Crippen LogP contribution >= 0.6 is 22.9 Å². The number of halogens is 1. The molecule has 1 heterocycles. The fourth-order valence-electron chi connectivity index (χ4n) is 3.33. The van der Waals surface area contributed by atoms with Crippen LogP contribution in [0.25, 0.3) is 0 Å². The van der Waals surface area contributed by atoms with Crippen molar-refractivity contribution in [3.8, 4) is 0 Å². The minimum absolute atomic E-state index is 0.343. The Hall–Kier alpha value is -0.830. The molecule has 1 aromatic carbocycles. The summed E-state index contributed by atoms with van der Waals surface area (Å²) < 4.78 is 0. The van der Waals surface area contributed by atoms with E-state index in [0.29, 0.717) is 12.1 Å². The van der Waals surface area contributed by atoms with E-state index in [9.17, 15) is 0 Å². The summed E-state index contributed by atoms with van der Waals surface area (Å²) in [5, 5.41) is 6.85. The van der Waals surface area contributed by atoms with Crippen LogP contribution in [0, 0.1) is 5.92 Å². The topological polar surface area (TPSA) is 12.0 Å². The van der Waals surface area contributed by atoms with Crippen LogP contribution in [0.5, 0.6) is 0 Å². The van der Waals surface area contributed by atoms with E-state index < -0.39 is 0 Å². The molecule has 3 heteroatoms. The van der Waals surface area contributed by atoms with Gasteiger partial charge in [-0.1, -0.05) is 42.6 Å². The van der Waals surface area contributed by atoms with Crippen molar-refractivity contribution in [2.45, 2.75) is 44.7 Å². The lowest BCUT2D eigenvalue weighted by atomic mass is 9.95. The van der Waals surface area contributed by atoms with Gasteiger partial charge in [0.05, 0.1) is 0 Å². The minimum atomic E-state index is 0.343. The van der Waals surface area contributed by atoms with Crippen LogP contribution in [0.4, 0.5) is 0 Å². The molecule has 0 radical (unpaired) electrons. The standard InChI is InChI=1S/C18H22ClNS/c1-13(14-8-10-16(19)11-9-14)20-18(15-5-2-3-6-15)17-7-4-12-21-17/h4,7-13,15,18,20H,2-3,5-6H2,1H3/t13-,18?/m1/s1. The molecule has 0 aliphatic heterocycles. The van der Waals surface area contributed by atoms with Crippen LogP contribution in [-0.2, 0) is 0 Å². The second-order valence-electron chi connectivity index (χ2n) is 5.98. The Bertz CT molecular complexity index is 543. The van der Waals surface area contributed by atoms with Crippen molar-refractivity contribution >= 4 is 22.9 Å². The number of hydrogen-bond donors (Lipinski definition) is 1. The van der Waals surface area contributed by atoms with Gasteiger partial charge in [0.2, 0.25) is 0 Å². The van der Waals surface area contributed by atoms with Crippen molar-refractivity contribution < 1.29 is 0 Å². The predicted octanol–water partition coefficient (Wildman–Crippen LogP) is 5.98. The SMILES string of the molecule is C[C@@H](NC(c1cccs1)C1CCCC1)c1ccc(Cl)cc1. The zero-order valence-corrected chi connectivity index (χ0v) is 14.0. The fraction of sp³-hybridized carbons (Fsp3) is 0.444. The third-order valence-corrected chi connectivity index (χ3v) is 5.73. The molecule has 0 bridgehead atoms. The number of nitrogens with one attached hydrogen (secondary N) is 1. The van der Waals surface area contributed by atoms with Gasteiger partial charge in [-0.3, -0.25) is 0 Å². The predicted molar refractivity (Wildman–Crippen MR) is 92.0 cm³/mol. The van der Waals surface area contributed by atoms with Crippen LogP contribution in [-0.4, -0.2) is 0 Å². The number of thiophene rings is 1. The molecule has 0 spiro atoms. The van der Waals surface area contributed by atoms with Crippen LogP contribution in [0.3, 0.4) is 0 Å². The molecule has 1 saturated carbocycles. The molecule has 112 valence electrons. The Morgan fingerprint density at radius 2 is 1.86 bits per heavy atom. The van der Waals surface area contributed by atoms with E-state index in [-0.39, 0.29) is 0 Å².